The molecule has 0 atom stereocenters. The first-order chi connectivity index (χ1) is 10.8. The van der Waals surface area contributed by atoms with E-state index in [1.54, 1.807) is 0 Å². The largest absolute Gasteiger partial charge is 0.461 e. The molecule has 1 aromatic rings. The zero-order valence-corrected chi connectivity index (χ0v) is 12.6. The summed E-state index contributed by atoms with van der Waals surface area (Å²) in [7, 11) is 0. The van der Waals surface area contributed by atoms with E-state index in [4.69, 9.17) is 28.1 Å². The van der Waals surface area contributed by atoms with Crippen LogP contribution in [-0.4, -0.2) is 52.9 Å². The summed E-state index contributed by atoms with van der Waals surface area (Å²) < 4.78 is 32.4. The van der Waals surface area contributed by atoms with E-state index in [2.05, 4.69) is 0 Å². The molecule has 1 aromatic heterocycles. The molecule has 0 saturated carbocycles. The maximum Gasteiger partial charge on any atom is 0.185 e. The number of hydrogen-bond donors (Lipinski definition) is 0. The predicted molar refractivity (Wildman–Crippen MR) is 76.7 cm³/mol. The Morgan fingerprint density at radius 2 is 0.955 bits per heavy atom. The van der Waals surface area contributed by atoms with Crippen molar-refractivity contribution in [3.05, 3.63) is 33.9 Å². The third kappa shape index (κ3) is 7.15. The van der Waals surface area contributed by atoms with Gasteiger partial charge in [0.25, 0.3) is 0 Å². The van der Waals surface area contributed by atoms with Gasteiger partial charge in [-0.3, -0.25) is 4.79 Å². The summed E-state index contributed by atoms with van der Waals surface area (Å²) in [4.78, 5) is 11.6. The number of hydrogen-bond acceptors (Lipinski definition) is 7. The highest BCUT2D eigenvalue weighted by atomic mass is 16.6. The third-order valence-corrected chi connectivity index (χ3v) is 2.85. The monoisotopic (exact) mass is 314 g/mol. The Morgan fingerprint density at radius 3 is 1.36 bits per heavy atom. The van der Waals surface area contributed by atoms with Crippen LogP contribution in [0.3, 0.4) is 0 Å². The minimum absolute atomic E-state index is 0.123. The molecule has 0 aromatic carbocycles. The van der Waals surface area contributed by atoms with Gasteiger partial charge in [0.1, 0.15) is 24.7 Å². The van der Waals surface area contributed by atoms with Crippen LogP contribution in [0.2, 0.25) is 0 Å². The van der Waals surface area contributed by atoms with Crippen molar-refractivity contribution in [3.8, 4) is 0 Å². The third-order valence-electron chi connectivity index (χ3n) is 2.85. The van der Waals surface area contributed by atoms with Crippen LogP contribution in [0.4, 0.5) is 0 Å². The summed E-state index contributed by atoms with van der Waals surface area (Å²) in [5, 5.41) is 0. The van der Waals surface area contributed by atoms with E-state index in [0.717, 1.165) is 0 Å². The molecule has 124 valence electrons. The van der Waals surface area contributed by atoms with Crippen LogP contribution in [0.1, 0.15) is 11.5 Å². The first kappa shape index (κ1) is 17.1. The van der Waals surface area contributed by atoms with Gasteiger partial charge in [0.2, 0.25) is 0 Å². The quantitative estimate of drug-likeness (QED) is 0.699. The van der Waals surface area contributed by atoms with Gasteiger partial charge in [0, 0.05) is 12.1 Å². The lowest BCUT2D eigenvalue weighted by Gasteiger charge is -2.09. The van der Waals surface area contributed by atoms with Gasteiger partial charge in [-0.1, -0.05) is 0 Å². The summed E-state index contributed by atoms with van der Waals surface area (Å²) in [5.41, 5.74) is -0.123. The van der Waals surface area contributed by atoms with Gasteiger partial charge >= 0.3 is 0 Å². The molecule has 0 amide bonds. The average Bonchev–Trinajstić information content (AvgIpc) is 2.50. The smallest absolute Gasteiger partial charge is 0.185 e. The topological polar surface area (TPSA) is 76.4 Å². The van der Waals surface area contributed by atoms with Crippen molar-refractivity contribution in [2.24, 2.45) is 0 Å². The fraction of sp³-hybridized carbons (Fsp3) is 0.667. The van der Waals surface area contributed by atoms with E-state index in [0.29, 0.717) is 64.4 Å². The van der Waals surface area contributed by atoms with Crippen molar-refractivity contribution < 1.29 is 28.1 Å². The van der Waals surface area contributed by atoms with Crippen molar-refractivity contribution in [2.45, 2.75) is 13.2 Å². The standard InChI is InChI=1S/C15H22O7/c16-13-9-14-11-20-7-5-18-3-1-17-2-4-19-6-8-21-12-15(10-13)22-14/h9-10H,1-8,11-12H2. The molecule has 2 rings (SSSR count). The lowest BCUT2D eigenvalue weighted by atomic mass is 10.3. The van der Waals surface area contributed by atoms with Gasteiger partial charge in [-0.2, -0.15) is 0 Å². The molecule has 22 heavy (non-hydrogen) atoms. The molecule has 1 aliphatic rings. The van der Waals surface area contributed by atoms with Gasteiger partial charge in [0.15, 0.2) is 5.43 Å². The van der Waals surface area contributed by atoms with E-state index in [9.17, 15) is 4.79 Å². The van der Waals surface area contributed by atoms with Crippen LogP contribution in [0, 0.1) is 0 Å². The Labute approximate surface area is 129 Å². The minimum atomic E-state index is -0.123. The van der Waals surface area contributed by atoms with E-state index in [1.165, 1.54) is 12.1 Å². The summed E-state index contributed by atoms with van der Waals surface area (Å²) >= 11 is 0. The van der Waals surface area contributed by atoms with Gasteiger partial charge in [0.05, 0.1) is 52.9 Å². The van der Waals surface area contributed by atoms with Crippen molar-refractivity contribution in [1.82, 2.24) is 0 Å². The zero-order valence-electron chi connectivity index (χ0n) is 12.6. The van der Waals surface area contributed by atoms with Gasteiger partial charge in [-0.05, 0) is 0 Å². The average molecular weight is 314 g/mol. The van der Waals surface area contributed by atoms with Crippen molar-refractivity contribution in [3.63, 3.8) is 0 Å². The number of rotatable bonds is 0. The highest BCUT2D eigenvalue weighted by Crippen LogP contribution is 2.05. The molecule has 2 heterocycles. The fourth-order valence-electron chi connectivity index (χ4n) is 1.85. The van der Waals surface area contributed by atoms with Crippen molar-refractivity contribution >= 4 is 0 Å². The van der Waals surface area contributed by atoms with Crippen LogP contribution < -0.4 is 5.43 Å². The molecule has 0 N–H and O–H groups in total. The number of fused-ring (bicyclic) bond motifs is 2. The van der Waals surface area contributed by atoms with Crippen LogP contribution in [0.25, 0.3) is 0 Å². The summed E-state index contributed by atoms with van der Waals surface area (Å²) in [6.45, 7) is 4.31. The van der Waals surface area contributed by atoms with Crippen LogP contribution in [0.5, 0.6) is 0 Å². The SMILES string of the molecule is O=c1cc2oc(c1)COCCOCCOCCOCCOC2. The van der Waals surface area contributed by atoms with Crippen molar-refractivity contribution in [1.29, 1.82) is 0 Å². The molecule has 0 aliphatic carbocycles. The second kappa shape index (κ2) is 10.5. The Kier molecular flexibility index (Phi) is 8.14. The Balaban J connectivity index is 1.86. The molecule has 1 aliphatic heterocycles. The molecule has 2 bridgehead atoms. The van der Waals surface area contributed by atoms with E-state index in [1.807, 2.05) is 0 Å². The summed E-state index contributed by atoms with van der Waals surface area (Å²) in [5.74, 6) is 0.957. The predicted octanol–water partition coefficient (Wildman–Crippen LogP) is 0.736. The first-order valence-corrected chi connectivity index (χ1v) is 7.36. The second-order valence-electron chi connectivity index (χ2n) is 4.67. The lowest BCUT2D eigenvalue weighted by molar-refractivity contribution is -0.0190. The number of ether oxygens (including phenoxy) is 5. The Hall–Kier alpha value is -1.25. The van der Waals surface area contributed by atoms with E-state index < -0.39 is 0 Å². The molecular weight excluding hydrogens is 292 g/mol. The summed E-state index contributed by atoms with van der Waals surface area (Å²) in [6.07, 6.45) is 0. The first-order valence-electron chi connectivity index (χ1n) is 7.36. The van der Waals surface area contributed by atoms with Crippen LogP contribution >= 0.6 is 0 Å². The molecule has 7 nitrogen and oxygen atoms in total. The van der Waals surface area contributed by atoms with Gasteiger partial charge in [-0.25, -0.2) is 0 Å². The molecule has 7 heteroatoms. The maximum atomic E-state index is 11.6. The fourth-order valence-corrected chi connectivity index (χ4v) is 1.85. The van der Waals surface area contributed by atoms with E-state index >= 15 is 0 Å². The normalized spacial score (nSPS) is 20.0. The lowest BCUT2D eigenvalue weighted by Crippen LogP contribution is -2.14. The summed E-state index contributed by atoms with van der Waals surface area (Å²) in [6, 6.07) is 2.83. The molecule has 0 radical (unpaired) electrons. The molecule has 0 spiro atoms. The molecule has 0 fully saturated rings. The van der Waals surface area contributed by atoms with E-state index in [-0.39, 0.29) is 18.6 Å². The van der Waals surface area contributed by atoms with Gasteiger partial charge in [-0.15, -0.1) is 0 Å². The molecular formula is C15H22O7. The second-order valence-corrected chi connectivity index (χ2v) is 4.67. The van der Waals surface area contributed by atoms with Crippen LogP contribution in [0.15, 0.2) is 21.3 Å². The highest BCUT2D eigenvalue weighted by Gasteiger charge is 2.04. The Bertz CT molecular complexity index is 434. The molecule has 0 unspecified atom stereocenters. The van der Waals surface area contributed by atoms with Crippen LogP contribution in [-0.2, 0) is 36.9 Å². The zero-order chi connectivity index (χ0) is 15.5. The highest BCUT2D eigenvalue weighted by molar-refractivity contribution is 5.05. The van der Waals surface area contributed by atoms with Gasteiger partial charge < -0.3 is 28.1 Å². The minimum Gasteiger partial charge on any atom is -0.461 e. The maximum absolute atomic E-state index is 11.6. The Morgan fingerprint density at radius 1 is 0.591 bits per heavy atom. The van der Waals surface area contributed by atoms with Crippen molar-refractivity contribution in [2.75, 3.05) is 52.9 Å². The molecule has 0 saturated heterocycles.